The lowest BCUT2D eigenvalue weighted by Crippen LogP contribution is -2.31. The Morgan fingerprint density at radius 2 is 2.00 bits per heavy atom. The van der Waals surface area contributed by atoms with Crippen LogP contribution in [0.3, 0.4) is 0 Å². The van der Waals surface area contributed by atoms with E-state index in [9.17, 15) is 9.59 Å². The summed E-state index contributed by atoms with van der Waals surface area (Å²) < 4.78 is 5.56. The van der Waals surface area contributed by atoms with E-state index in [-0.39, 0.29) is 34.7 Å². The molecule has 1 unspecified atom stereocenters. The molecule has 3 heteroatoms. The van der Waals surface area contributed by atoms with Crippen molar-refractivity contribution in [2.75, 3.05) is 0 Å². The van der Waals surface area contributed by atoms with Crippen molar-refractivity contribution in [3.05, 3.63) is 69.3 Å². The van der Waals surface area contributed by atoms with Gasteiger partial charge in [-0.1, -0.05) is 30.4 Å². The number of rotatable bonds is 1. The number of ketones is 1. The largest absolute Gasteiger partial charge is 0.460 e. The smallest absolute Gasteiger partial charge is 0.224 e. The number of carbonyl (C=O) groups is 1. The minimum absolute atomic E-state index is 0.0450. The minimum atomic E-state index is -0.195. The normalized spacial score (nSPS) is 26.9. The van der Waals surface area contributed by atoms with Crippen LogP contribution in [-0.4, -0.2) is 5.78 Å². The minimum Gasteiger partial charge on any atom is -0.460 e. The monoisotopic (exact) mass is 310 g/mol. The van der Waals surface area contributed by atoms with E-state index in [4.69, 9.17) is 4.42 Å². The van der Waals surface area contributed by atoms with Crippen molar-refractivity contribution in [2.45, 2.75) is 39.5 Å². The molecular weight excluding hydrogens is 288 g/mol. The maximum Gasteiger partial charge on any atom is 0.224 e. The Hall–Kier alpha value is -2.16. The summed E-state index contributed by atoms with van der Waals surface area (Å²) in [6.45, 7) is 13.9. The van der Waals surface area contributed by atoms with Gasteiger partial charge >= 0.3 is 0 Å². The topological polar surface area (TPSA) is 47.3 Å². The number of Topliss-reactive ketones (excluding diaryl/α,β-unsaturated/α-hetero) is 1. The van der Waals surface area contributed by atoms with E-state index in [0.29, 0.717) is 16.7 Å². The van der Waals surface area contributed by atoms with E-state index in [1.165, 1.54) is 6.26 Å². The molecule has 0 aromatic carbocycles. The van der Waals surface area contributed by atoms with Gasteiger partial charge in [-0.15, -0.1) is 0 Å². The van der Waals surface area contributed by atoms with Crippen molar-refractivity contribution in [3.8, 4) is 0 Å². The fraction of sp³-hybridized carbons (Fsp3) is 0.400. The van der Waals surface area contributed by atoms with Crippen molar-refractivity contribution >= 4 is 5.78 Å². The molecule has 0 amide bonds. The third-order valence-electron chi connectivity index (χ3n) is 5.22. The van der Waals surface area contributed by atoms with Crippen LogP contribution >= 0.6 is 0 Å². The van der Waals surface area contributed by atoms with E-state index in [0.717, 1.165) is 24.0 Å². The van der Waals surface area contributed by atoms with Gasteiger partial charge in [-0.25, -0.2) is 0 Å². The second-order valence-corrected chi connectivity index (χ2v) is 6.87. The van der Waals surface area contributed by atoms with E-state index >= 15 is 0 Å². The third kappa shape index (κ3) is 2.35. The lowest BCUT2D eigenvalue weighted by molar-refractivity contribution is 0.100. The summed E-state index contributed by atoms with van der Waals surface area (Å²) in [7, 11) is 0. The summed E-state index contributed by atoms with van der Waals surface area (Å²) in [6.07, 6.45) is 5.18. The highest BCUT2D eigenvalue weighted by molar-refractivity contribution is 6.07. The summed E-state index contributed by atoms with van der Waals surface area (Å²) in [5.74, 6) is 0.117. The van der Waals surface area contributed by atoms with Crippen LogP contribution < -0.4 is 5.43 Å². The molecule has 0 bridgehead atoms. The van der Waals surface area contributed by atoms with E-state index < -0.39 is 0 Å². The van der Waals surface area contributed by atoms with Gasteiger partial charge in [0.05, 0.1) is 11.8 Å². The maximum atomic E-state index is 12.8. The van der Waals surface area contributed by atoms with Crippen LogP contribution in [0.25, 0.3) is 0 Å². The number of hydrogen-bond donors (Lipinski definition) is 0. The average molecular weight is 310 g/mol. The molecule has 1 fully saturated rings. The molecule has 3 nitrogen and oxygen atoms in total. The van der Waals surface area contributed by atoms with Crippen LogP contribution in [0.15, 0.2) is 51.4 Å². The van der Waals surface area contributed by atoms with Crippen molar-refractivity contribution < 1.29 is 9.21 Å². The fourth-order valence-electron chi connectivity index (χ4n) is 3.96. The maximum absolute atomic E-state index is 12.8. The van der Waals surface area contributed by atoms with Gasteiger partial charge in [0.2, 0.25) is 5.78 Å². The average Bonchev–Trinajstić information content (AvgIpc) is 2.60. The van der Waals surface area contributed by atoms with Crippen LogP contribution in [0.4, 0.5) is 0 Å². The zero-order chi connectivity index (χ0) is 16.9. The molecule has 0 spiro atoms. The Labute approximate surface area is 136 Å². The second-order valence-electron chi connectivity index (χ2n) is 6.87. The van der Waals surface area contributed by atoms with Gasteiger partial charge in [-0.3, -0.25) is 9.59 Å². The zero-order valence-corrected chi connectivity index (χ0v) is 13.9. The first-order chi connectivity index (χ1) is 10.8. The molecule has 0 saturated heterocycles. The molecule has 3 rings (SSSR count). The first-order valence-electron chi connectivity index (χ1n) is 8.01. The van der Waals surface area contributed by atoms with Gasteiger partial charge in [-0.2, -0.15) is 0 Å². The fourth-order valence-corrected chi connectivity index (χ4v) is 3.96. The molecule has 0 N–H and O–H groups in total. The van der Waals surface area contributed by atoms with Crippen molar-refractivity contribution in [1.82, 2.24) is 0 Å². The summed E-state index contributed by atoms with van der Waals surface area (Å²) in [5, 5.41) is 0. The Morgan fingerprint density at radius 1 is 1.30 bits per heavy atom. The van der Waals surface area contributed by atoms with Crippen LogP contribution in [-0.2, 0) is 0 Å². The van der Waals surface area contributed by atoms with Crippen LogP contribution in [0, 0.1) is 18.8 Å². The molecule has 0 radical (unpaired) electrons. The highest BCUT2D eigenvalue weighted by atomic mass is 16.3. The quantitative estimate of drug-likeness (QED) is 0.725. The lowest BCUT2D eigenvalue weighted by Gasteiger charge is -2.38. The predicted octanol–water partition coefficient (Wildman–Crippen LogP) is 4.33. The van der Waals surface area contributed by atoms with Crippen molar-refractivity contribution in [3.63, 3.8) is 0 Å². The van der Waals surface area contributed by atoms with Gasteiger partial charge < -0.3 is 4.42 Å². The second kappa shape index (κ2) is 5.48. The van der Waals surface area contributed by atoms with E-state index in [1.54, 1.807) is 13.8 Å². The molecule has 2 aliphatic rings. The molecule has 3 atom stereocenters. The summed E-state index contributed by atoms with van der Waals surface area (Å²) in [5.41, 5.74) is 3.65. The number of allylic oxidation sites excluding steroid dienone is 4. The first kappa shape index (κ1) is 15.7. The zero-order valence-electron chi connectivity index (χ0n) is 13.9. The van der Waals surface area contributed by atoms with Gasteiger partial charge in [-0.05, 0) is 51.0 Å². The Morgan fingerprint density at radius 3 is 2.65 bits per heavy atom. The summed E-state index contributed by atoms with van der Waals surface area (Å²) in [4.78, 5) is 25.5. The highest BCUT2D eigenvalue weighted by Gasteiger charge is 2.41. The molecule has 1 saturated carbocycles. The number of aryl methyl sites for hydroxylation is 1. The summed E-state index contributed by atoms with van der Waals surface area (Å²) in [6, 6.07) is 0. The highest BCUT2D eigenvalue weighted by Crippen LogP contribution is 2.48. The van der Waals surface area contributed by atoms with E-state index in [1.807, 2.05) is 13.0 Å². The number of carbonyl (C=O) groups excluding carboxylic acids is 1. The Bertz CT molecular complexity index is 807. The molecule has 23 heavy (non-hydrogen) atoms. The van der Waals surface area contributed by atoms with Crippen LogP contribution in [0.2, 0.25) is 0 Å². The SMILES string of the molecule is C=C(C)C1CCC(=C)[C@H]2c3c(occ(C)c3=O)C(=O)C(C)=C[C@H]12. The van der Waals surface area contributed by atoms with E-state index in [2.05, 4.69) is 13.2 Å². The Balaban J connectivity index is 2.33. The molecule has 1 heterocycles. The Kier molecular flexibility index (Phi) is 3.75. The van der Waals surface area contributed by atoms with Crippen LogP contribution in [0.5, 0.6) is 0 Å². The lowest BCUT2D eigenvalue weighted by atomic mass is 9.65. The predicted molar refractivity (Wildman–Crippen MR) is 90.7 cm³/mol. The summed E-state index contributed by atoms with van der Waals surface area (Å²) >= 11 is 0. The van der Waals surface area contributed by atoms with Gasteiger partial charge in [0.15, 0.2) is 11.2 Å². The molecule has 2 aliphatic carbocycles. The first-order valence-corrected chi connectivity index (χ1v) is 8.01. The van der Waals surface area contributed by atoms with Gasteiger partial charge in [0, 0.05) is 11.5 Å². The van der Waals surface area contributed by atoms with Gasteiger partial charge in [0.1, 0.15) is 0 Å². The molecule has 0 aliphatic heterocycles. The van der Waals surface area contributed by atoms with Crippen molar-refractivity contribution in [2.24, 2.45) is 11.8 Å². The van der Waals surface area contributed by atoms with Gasteiger partial charge in [0.25, 0.3) is 0 Å². The number of fused-ring (bicyclic) bond motifs is 3. The van der Waals surface area contributed by atoms with Crippen LogP contribution in [0.1, 0.15) is 54.3 Å². The molecule has 1 aromatic rings. The molecule has 1 aromatic heterocycles. The number of hydrogen-bond acceptors (Lipinski definition) is 3. The molecular formula is C20H22O3. The molecule has 120 valence electrons. The standard InChI is InChI=1S/C20H22O3/c1-10(2)14-7-6-11(3)16-15(14)8-12(4)19(22)20-17(16)18(21)13(5)9-23-20/h8-9,14-16H,1,3,6-7H2,2,4-5H3/t14?,15-,16-/m1/s1. The third-order valence-corrected chi connectivity index (χ3v) is 5.22. The van der Waals surface area contributed by atoms with Crippen molar-refractivity contribution in [1.29, 1.82) is 0 Å².